The molecule has 12 heteroatoms. The van der Waals surface area contributed by atoms with E-state index in [-0.39, 0.29) is 25.1 Å². The summed E-state index contributed by atoms with van der Waals surface area (Å²) in [6.07, 6.45) is 1.84. The largest absolute Gasteiger partial charge is 0.361 e. The van der Waals surface area contributed by atoms with Gasteiger partial charge in [0.2, 0.25) is 17.6 Å². The fourth-order valence-electron chi connectivity index (χ4n) is 5.19. The Morgan fingerprint density at radius 2 is 1.42 bits per heavy atom. The molecule has 2 heterocycles. The summed E-state index contributed by atoms with van der Waals surface area (Å²) >= 11 is 0. The minimum atomic E-state index is -1.23. The smallest absolute Gasteiger partial charge is 0.289 e. The molecule has 5 aromatic rings. The normalized spacial score (nSPS) is 12.8. The van der Waals surface area contributed by atoms with Gasteiger partial charge in [-0.1, -0.05) is 84.0 Å². The van der Waals surface area contributed by atoms with Crippen LogP contribution in [0.4, 0.5) is 0 Å². The molecule has 0 spiro atoms. The molecular weight excluding hydrogens is 612 g/mol. The van der Waals surface area contributed by atoms with Crippen LogP contribution in [0.25, 0.3) is 10.9 Å². The standard InChI is InChI=1S/C36H36N6O6/c1-22-17-31(42-48-22)35(46)39-23(2)33(44)41-30(19-26-21-37-28-16-10-9-15-27(26)28)34(45)40-29(18-24-11-5-3-6-12-24)32(43)36(47)38-20-25-13-7-4-8-14-25/h3-17,21,23,29-30,37H,18-20H2,1-2H3,(H,38,47)(H,39,46)(H,40,45)(H,41,44)/t23-,29-,30-/m0/s1. The van der Waals surface area contributed by atoms with Gasteiger partial charge in [0.1, 0.15) is 23.9 Å². The Morgan fingerprint density at radius 1 is 0.771 bits per heavy atom. The number of hydrogen-bond acceptors (Lipinski definition) is 7. The minimum absolute atomic E-state index is 0.00745. The van der Waals surface area contributed by atoms with Crippen LogP contribution in [0.2, 0.25) is 0 Å². The van der Waals surface area contributed by atoms with Gasteiger partial charge in [-0.3, -0.25) is 24.0 Å². The second kappa shape index (κ2) is 15.5. The van der Waals surface area contributed by atoms with Crippen LogP contribution < -0.4 is 21.3 Å². The van der Waals surface area contributed by atoms with Gasteiger partial charge >= 0.3 is 0 Å². The number of aryl methyl sites for hydroxylation is 1. The summed E-state index contributed by atoms with van der Waals surface area (Å²) < 4.78 is 4.95. The number of rotatable bonds is 14. The van der Waals surface area contributed by atoms with Crippen molar-refractivity contribution in [1.82, 2.24) is 31.4 Å². The number of benzene rings is 3. The predicted octanol–water partition coefficient (Wildman–Crippen LogP) is 2.92. The van der Waals surface area contributed by atoms with Gasteiger partial charge in [-0.15, -0.1) is 0 Å². The van der Waals surface area contributed by atoms with Gasteiger partial charge in [0.15, 0.2) is 5.69 Å². The molecule has 0 aliphatic heterocycles. The highest BCUT2D eigenvalue weighted by atomic mass is 16.5. The summed E-state index contributed by atoms with van der Waals surface area (Å²) in [6, 6.07) is 23.6. The van der Waals surface area contributed by atoms with Gasteiger partial charge in [0.25, 0.3) is 11.8 Å². The summed E-state index contributed by atoms with van der Waals surface area (Å²) in [5.74, 6) is -3.19. The van der Waals surface area contributed by atoms with E-state index >= 15 is 0 Å². The summed E-state index contributed by atoms with van der Waals surface area (Å²) in [5, 5.41) is 15.2. The molecule has 0 saturated carbocycles. The number of nitrogens with one attached hydrogen (secondary N) is 5. The first-order valence-electron chi connectivity index (χ1n) is 15.5. The number of H-pyrrole nitrogens is 1. The molecule has 3 aromatic carbocycles. The average molecular weight is 649 g/mol. The van der Waals surface area contributed by atoms with E-state index in [0.29, 0.717) is 5.76 Å². The number of carbonyl (C=O) groups is 5. The Kier molecular flexibility index (Phi) is 10.8. The number of hydrogen-bond donors (Lipinski definition) is 5. The number of fused-ring (bicyclic) bond motifs is 1. The molecule has 0 radical (unpaired) electrons. The van der Waals surface area contributed by atoms with Crippen molar-refractivity contribution in [3.8, 4) is 0 Å². The molecule has 5 N–H and O–H groups in total. The Labute approximate surface area is 276 Å². The van der Waals surface area contributed by atoms with E-state index in [4.69, 9.17) is 4.52 Å². The van der Waals surface area contributed by atoms with Crippen LogP contribution >= 0.6 is 0 Å². The molecule has 4 amide bonds. The zero-order valence-corrected chi connectivity index (χ0v) is 26.5. The number of nitrogens with zero attached hydrogens (tertiary/aromatic N) is 1. The third-order valence-electron chi connectivity index (χ3n) is 7.77. The van der Waals surface area contributed by atoms with Crippen molar-refractivity contribution in [2.45, 2.75) is 51.4 Å². The Balaban J connectivity index is 1.36. The van der Waals surface area contributed by atoms with Gasteiger partial charge in [-0.05, 0) is 36.6 Å². The lowest BCUT2D eigenvalue weighted by molar-refractivity contribution is -0.140. The number of amides is 4. The number of para-hydroxylation sites is 1. The Hall–Kier alpha value is -6.04. The molecule has 0 aliphatic carbocycles. The van der Waals surface area contributed by atoms with Crippen molar-refractivity contribution >= 4 is 40.3 Å². The van der Waals surface area contributed by atoms with Crippen molar-refractivity contribution in [3.63, 3.8) is 0 Å². The zero-order chi connectivity index (χ0) is 34.0. The van der Waals surface area contributed by atoms with E-state index in [2.05, 4.69) is 31.4 Å². The second-order valence-electron chi connectivity index (χ2n) is 11.4. The van der Waals surface area contributed by atoms with Gasteiger partial charge in [-0.25, -0.2) is 0 Å². The first-order chi connectivity index (χ1) is 23.2. The van der Waals surface area contributed by atoms with Crippen molar-refractivity contribution in [2.24, 2.45) is 0 Å². The topological polar surface area (TPSA) is 175 Å². The van der Waals surface area contributed by atoms with Crippen LogP contribution in [0.1, 0.15) is 39.9 Å². The lowest BCUT2D eigenvalue weighted by Crippen LogP contribution is -2.57. The summed E-state index contributed by atoms with van der Waals surface area (Å²) in [7, 11) is 0. The minimum Gasteiger partial charge on any atom is -0.361 e. The zero-order valence-electron chi connectivity index (χ0n) is 26.5. The van der Waals surface area contributed by atoms with Gasteiger partial charge < -0.3 is 30.8 Å². The molecule has 0 saturated heterocycles. The molecule has 0 bridgehead atoms. The molecule has 246 valence electrons. The van der Waals surface area contributed by atoms with Crippen molar-refractivity contribution in [3.05, 3.63) is 125 Å². The van der Waals surface area contributed by atoms with Crippen LogP contribution in [0.15, 0.2) is 102 Å². The van der Waals surface area contributed by atoms with E-state index in [1.165, 1.54) is 13.0 Å². The first-order valence-corrected chi connectivity index (χ1v) is 15.5. The number of Topliss-reactive ketones (excluding diaryl/α,β-unsaturated/α-hetero) is 1. The number of carbonyl (C=O) groups excluding carboxylic acids is 5. The fourth-order valence-corrected chi connectivity index (χ4v) is 5.19. The summed E-state index contributed by atoms with van der Waals surface area (Å²) in [4.78, 5) is 69.7. The molecule has 12 nitrogen and oxygen atoms in total. The molecule has 2 aromatic heterocycles. The Bertz CT molecular complexity index is 1900. The highest BCUT2D eigenvalue weighted by Gasteiger charge is 2.32. The van der Waals surface area contributed by atoms with Crippen LogP contribution in [0, 0.1) is 6.92 Å². The molecule has 0 unspecified atom stereocenters. The van der Waals surface area contributed by atoms with Crippen molar-refractivity contribution in [2.75, 3.05) is 0 Å². The maximum absolute atomic E-state index is 14.0. The summed E-state index contributed by atoms with van der Waals surface area (Å²) in [6.45, 7) is 3.24. The third-order valence-corrected chi connectivity index (χ3v) is 7.77. The lowest BCUT2D eigenvalue weighted by atomic mass is 9.99. The van der Waals surface area contributed by atoms with E-state index in [1.807, 2.05) is 60.7 Å². The first kappa shape index (κ1) is 33.3. The van der Waals surface area contributed by atoms with Crippen LogP contribution in [-0.2, 0) is 38.6 Å². The lowest BCUT2D eigenvalue weighted by Gasteiger charge is -2.24. The van der Waals surface area contributed by atoms with Crippen LogP contribution in [-0.4, -0.2) is 57.7 Å². The maximum Gasteiger partial charge on any atom is 0.289 e. The summed E-state index contributed by atoms with van der Waals surface area (Å²) in [5.41, 5.74) is 3.13. The average Bonchev–Trinajstić information content (AvgIpc) is 3.73. The molecule has 0 fully saturated rings. The predicted molar refractivity (Wildman–Crippen MR) is 177 cm³/mol. The van der Waals surface area contributed by atoms with Crippen molar-refractivity contribution in [1.29, 1.82) is 0 Å². The van der Waals surface area contributed by atoms with Crippen LogP contribution in [0.5, 0.6) is 0 Å². The van der Waals surface area contributed by atoms with E-state index < -0.39 is 47.5 Å². The number of aromatic amines is 1. The SMILES string of the molecule is Cc1cc(C(=O)N[C@@H](C)C(=O)N[C@@H](Cc2c[nH]c3ccccc23)C(=O)N[C@@H](Cc2ccccc2)C(=O)C(=O)NCc2ccccc2)no1. The highest BCUT2D eigenvalue weighted by molar-refractivity contribution is 6.38. The highest BCUT2D eigenvalue weighted by Crippen LogP contribution is 2.19. The van der Waals surface area contributed by atoms with Crippen LogP contribution in [0.3, 0.4) is 0 Å². The van der Waals surface area contributed by atoms with E-state index in [1.54, 1.807) is 37.4 Å². The molecule has 5 rings (SSSR count). The second-order valence-corrected chi connectivity index (χ2v) is 11.4. The quantitative estimate of drug-likeness (QED) is 0.115. The molecule has 0 aliphatic rings. The van der Waals surface area contributed by atoms with E-state index in [0.717, 1.165) is 27.6 Å². The van der Waals surface area contributed by atoms with Gasteiger partial charge in [0.05, 0.1) is 0 Å². The maximum atomic E-state index is 14.0. The van der Waals surface area contributed by atoms with Crippen molar-refractivity contribution < 1.29 is 28.5 Å². The Morgan fingerprint density at radius 3 is 2.10 bits per heavy atom. The third kappa shape index (κ3) is 8.60. The van der Waals surface area contributed by atoms with Gasteiger partial charge in [-0.2, -0.15) is 0 Å². The molecule has 48 heavy (non-hydrogen) atoms. The van der Waals surface area contributed by atoms with E-state index in [9.17, 15) is 24.0 Å². The number of ketones is 1. The monoisotopic (exact) mass is 648 g/mol. The number of aromatic nitrogens is 2. The molecule has 3 atom stereocenters. The molecular formula is C36H36N6O6. The van der Waals surface area contributed by atoms with Gasteiger partial charge in [0, 0.05) is 42.6 Å². The fraction of sp³-hybridized carbons (Fsp3) is 0.222.